The van der Waals surface area contributed by atoms with Gasteiger partial charge in [0.1, 0.15) is 10.4 Å². The van der Waals surface area contributed by atoms with Crippen LogP contribution in [0.2, 0.25) is 0 Å². The Bertz CT molecular complexity index is 510. The molecule has 0 aliphatic carbocycles. The van der Waals surface area contributed by atoms with Gasteiger partial charge >= 0.3 is 0 Å². The molecule has 2 rings (SSSR count). The first-order valence-corrected chi connectivity index (χ1v) is 5.30. The van der Waals surface area contributed by atoms with Crippen molar-refractivity contribution in [1.29, 1.82) is 0 Å². The molecule has 1 aromatic heterocycles. The van der Waals surface area contributed by atoms with Crippen LogP contribution in [0.1, 0.15) is 16.9 Å². The van der Waals surface area contributed by atoms with Gasteiger partial charge in [-0.25, -0.2) is 0 Å². The Hall–Kier alpha value is -1.35. The second-order valence-electron chi connectivity index (χ2n) is 3.60. The zero-order valence-electron chi connectivity index (χ0n) is 8.86. The standard InChI is InChI=1S/C12H13NOS/c1-9-10(2)14-13(12(9)15)8-11-6-4-3-5-7-11/h3-7H,8H2,1-2H3. The van der Waals surface area contributed by atoms with Gasteiger partial charge < -0.3 is 4.52 Å². The van der Waals surface area contributed by atoms with Crippen molar-refractivity contribution in [3.63, 3.8) is 0 Å². The summed E-state index contributed by atoms with van der Waals surface area (Å²) in [6, 6.07) is 10.2. The van der Waals surface area contributed by atoms with E-state index in [4.69, 9.17) is 16.7 Å². The molecule has 0 fully saturated rings. The van der Waals surface area contributed by atoms with Crippen molar-refractivity contribution < 1.29 is 4.52 Å². The fourth-order valence-corrected chi connectivity index (χ4v) is 1.71. The molecule has 1 aromatic carbocycles. The van der Waals surface area contributed by atoms with Crippen molar-refractivity contribution in [3.8, 4) is 0 Å². The normalized spacial score (nSPS) is 10.5. The zero-order chi connectivity index (χ0) is 10.8. The number of aryl methyl sites for hydroxylation is 1. The van der Waals surface area contributed by atoms with E-state index in [2.05, 4.69) is 12.1 Å². The van der Waals surface area contributed by atoms with E-state index in [1.807, 2.05) is 32.0 Å². The summed E-state index contributed by atoms with van der Waals surface area (Å²) in [6.07, 6.45) is 0. The van der Waals surface area contributed by atoms with Gasteiger partial charge in [-0.2, -0.15) is 4.74 Å². The maximum absolute atomic E-state index is 5.56. The lowest BCUT2D eigenvalue weighted by molar-refractivity contribution is 0.268. The molecule has 0 amide bonds. The van der Waals surface area contributed by atoms with Crippen LogP contribution in [0.4, 0.5) is 0 Å². The number of nitrogens with zero attached hydrogens (tertiary/aromatic N) is 1. The Kier molecular flexibility index (Phi) is 2.73. The van der Waals surface area contributed by atoms with E-state index in [0.29, 0.717) is 6.54 Å². The van der Waals surface area contributed by atoms with E-state index in [9.17, 15) is 0 Å². The van der Waals surface area contributed by atoms with E-state index in [1.54, 1.807) is 4.74 Å². The molecule has 0 aliphatic rings. The molecule has 0 unspecified atom stereocenters. The molecule has 3 heteroatoms. The molecule has 0 aliphatic heterocycles. The number of hydrogen-bond donors (Lipinski definition) is 0. The van der Waals surface area contributed by atoms with Gasteiger partial charge in [-0.15, -0.1) is 0 Å². The Morgan fingerprint density at radius 2 is 1.87 bits per heavy atom. The largest absolute Gasteiger partial charge is 0.383 e. The van der Waals surface area contributed by atoms with Crippen LogP contribution in [0.25, 0.3) is 0 Å². The van der Waals surface area contributed by atoms with Crippen LogP contribution in [-0.2, 0) is 6.54 Å². The summed E-state index contributed by atoms with van der Waals surface area (Å²) in [7, 11) is 0. The first-order valence-electron chi connectivity index (χ1n) is 4.89. The van der Waals surface area contributed by atoms with Gasteiger partial charge in [-0.05, 0) is 19.4 Å². The first-order chi connectivity index (χ1) is 7.18. The highest BCUT2D eigenvalue weighted by Gasteiger charge is 2.05. The van der Waals surface area contributed by atoms with E-state index in [1.165, 1.54) is 5.56 Å². The summed E-state index contributed by atoms with van der Waals surface area (Å²) < 4.78 is 8.11. The van der Waals surface area contributed by atoms with Crippen molar-refractivity contribution in [2.45, 2.75) is 20.4 Å². The SMILES string of the molecule is Cc1on(Cc2ccccc2)c(=S)c1C. The van der Waals surface area contributed by atoms with Crippen molar-refractivity contribution in [3.05, 3.63) is 51.9 Å². The molecule has 0 N–H and O–H groups in total. The lowest BCUT2D eigenvalue weighted by atomic mass is 10.2. The van der Waals surface area contributed by atoms with Gasteiger partial charge in [-0.1, -0.05) is 42.5 Å². The topological polar surface area (TPSA) is 18.1 Å². The van der Waals surface area contributed by atoms with Gasteiger partial charge in [-0.3, -0.25) is 0 Å². The fourth-order valence-electron chi connectivity index (χ4n) is 1.47. The van der Waals surface area contributed by atoms with Gasteiger partial charge in [0, 0.05) is 5.56 Å². The van der Waals surface area contributed by atoms with E-state index in [0.717, 1.165) is 16.0 Å². The quantitative estimate of drug-likeness (QED) is 0.720. The Labute approximate surface area is 94.1 Å². The van der Waals surface area contributed by atoms with Crippen molar-refractivity contribution >= 4 is 12.2 Å². The second-order valence-corrected chi connectivity index (χ2v) is 3.99. The van der Waals surface area contributed by atoms with E-state index in [-0.39, 0.29) is 0 Å². The molecule has 78 valence electrons. The molecule has 0 bridgehead atoms. The molecular weight excluding hydrogens is 206 g/mol. The van der Waals surface area contributed by atoms with Crippen molar-refractivity contribution in [2.24, 2.45) is 0 Å². The molecule has 2 nitrogen and oxygen atoms in total. The number of hydrogen-bond acceptors (Lipinski definition) is 2. The molecule has 15 heavy (non-hydrogen) atoms. The van der Waals surface area contributed by atoms with Crippen molar-refractivity contribution in [2.75, 3.05) is 0 Å². The van der Waals surface area contributed by atoms with Crippen LogP contribution in [0.3, 0.4) is 0 Å². The molecule has 0 radical (unpaired) electrons. The fraction of sp³-hybridized carbons (Fsp3) is 0.250. The Balaban J connectivity index is 2.33. The van der Waals surface area contributed by atoms with Crippen LogP contribution in [0.5, 0.6) is 0 Å². The molecule has 0 atom stereocenters. The lowest BCUT2D eigenvalue weighted by Crippen LogP contribution is -1.97. The predicted octanol–water partition coefficient (Wildman–Crippen LogP) is 3.48. The summed E-state index contributed by atoms with van der Waals surface area (Å²) >= 11 is 5.28. The second kappa shape index (κ2) is 4.03. The Morgan fingerprint density at radius 1 is 1.20 bits per heavy atom. The minimum absolute atomic E-state index is 0.703. The van der Waals surface area contributed by atoms with Gasteiger partial charge in [0.25, 0.3) is 0 Å². The highest BCUT2D eigenvalue weighted by Crippen LogP contribution is 2.13. The summed E-state index contributed by atoms with van der Waals surface area (Å²) in [6.45, 7) is 4.63. The smallest absolute Gasteiger partial charge is 0.144 e. The van der Waals surface area contributed by atoms with Gasteiger partial charge in [0.15, 0.2) is 0 Å². The van der Waals surface area contributed by atoms with Crippen LogP contribution in [0, 0.1) is 18.5 Å². The lowest BCUT2D eigenvalue weighted by Gasteiger charge is -2.00. The Morgan fingerprint density at radius 3 is 2.40 bits per heavy atom. The maximum Gasteiger partial charge on any atom is 0.144 e. The third-order valence-corrected chi connectivity index (χ3v) is 3.00. The minimum atomic E-state index is 0.703. The summed E-state index contributed by atoms with van der Waals surface area (Å²) in [5.74, 6) is 0.899. The van der Waals surface area contributed by atoms with E-state index >= 15 is 0 Å². The van der Waals surface area contributed by atoms with Crippen molar-refractivity contribution in [1.82, 2.24) is 4.74 Å². The van der Waals surface area contributed by atoms with Gasteiger partial charge in [0.2, 0.25) is 0 Å². The monoisotopic (exact) mass is 219 g/mol. The molecular formula is C12H13NOS. The van der Waals surface area contributed by atoms with Crippen LogP contribution >= 0.6 is 12.2 Å². The maximum atomic E-state index is 5.56. The highest BCUT2D eigenvalue weighted by molar-refractivity contribution is 7.71. The molecule has 0 saturated heterocycles. The predicted molar refractivity (Wildman–Crippen MR) is 62.6 cm³/mol. The van der Waals surface area contributed by atoms with Crippen LogP contribution < -0.4 is 0 Å². The highest BCUT2D eigenvalue weighted by atomic mass is 32.1. The van der Waals surface area contributed by atoms with Crippen LogP contribution in [0.15, 0.2) is 34.9 Å². The van der Waals surface area contributed by atoms with E-state index < -0.39 is 0 Å². The van der Waals surface area contributed by atoms with Crippen LogP contribution in [-0.4, -0.2) is 4.74 Å². The summed E-state index contributed by atoms with van der Waals surface area (Å²) in [5, 5.41) is 0. The average Bonchev–Trinajstić information content (AvgIpc) is 2.48. The molecule has 2 aromatic rings. The third kappa shape index (κ3) is 2.02. The minimum Gasteiger partial charge on any atom is -0.383 e. The molecule has 1 heterocycles. The molecule has 0 spiro atoms. The summed E-state index contributed by atoms with van der Waals surface area (Å²) in [5.41, 5.74) is 2.25. The summed E-state index contributed by atoms with van der Waals surface area (Å²) in [4.78, 5) is 0. The first kappa shape index (κ1) is 10.2. The average molecular weight is 219 g/mol. The number of rotatable bonds is 2. The molecule has 0 saturated carbocycles. The van der Waals surface area contributed by atoms with Gasteiger partial charge in [0.05, 0.1) is 6.54 Å². The number of benzene rings is 1. The number of aromatic nitrogens is 1. The third-order valence-electron chi connectivity index (χ3n) is 2.49. The zero-order valence-corrected chi connectivity index (χ0v) is 9.67.